The third-order valence-corrected chi connectivity index (χ3v) is 2.10. The molecule has 60 valence electrons. The van der Waals surface area contributed by atoms with E-state index >= 15 is 0 Å². The van der Waals surface area contributed by atoms with Gasteiger partial charge in [-0.05, 0) is 6.08 Å². The normalized spacial score (nSPS) is 29.8. The molecule has 11 heavy (non-hydrogen) atoms. The van der Waals surface area contributed by atoms with Crippen LogP contribution in [0.15, 0.2) is 23.3 Å². The third-order valence-electron chi connectivity index (χ3n) is 1.42. The summed E-state index contributed by atoms with van der Waals surface area (Å²) in [5.41, 5.74) is 0. The standard InChI is InChI=1S/C7H6Cl2O2/c8-5-2-1-3-7(9,4-5)6(10)11/h1-3H,4H2,(H,10,11). The summed E-state index contributed by atoms with van der Waals surface area (Å²) in [7, 11) is 0. The molecule has 1 unspecified atom stereocenters. The Morgan fingerprint density at radius 1 is 1.73 bits per heavy atom. The highest BCUT2D eigenvalue weighted by Gasteiger charge is 2.35. The van der Waals surface area contributed by atoms with Gasteiger partial charge in [-0.3, -0.25) is 0 Å². The van der Waals surface area contributed by atoms with E-state index in [1.54, 1.807) is 12.2 Å². The van der Waals surface area contributed by atoms with Crippen LogP contribution in [0.3, 0.4) is 0 Å². The Balaban J connectivity index is 2.86. The van der Waals surface area contributed by atoms with Crippen molar-refractivity contribution in [2.45, 2.75) is 11.3 Å². The third kappa shape index (κ3) is 1.76. The second-order valence-electron chi connectivity index (χ2n) is 2.32. The number of hydrogen-bond acceptors (Lipinski definition) is 1. The van der Waals surface area contributed by atoms with Crippen molar-refractivity contribution < 1.29 is 9.90 Å². The number of carboxylic acids is 1. The summed E-state index contributed by atoms with van der Waals surface area (Å²) in [4.78, 5) is 9.21. The van der Waals surface area contributed by atoms with Crippen molar-refractivity contribution in [1.82, 2.24) is 0 Å². The van der Waals surface area contributed by atoms with Gasteiger partial charge in [-0.25, -0.2) is 4.79 Å². The Hall–Kier alpha value is -0.470. The van der Waals surface area contributed by atoms with Gasteiger partial charge < -0.3 is 5.11 Å². The average molecular weight is 193 g/mol. The largest absolute Gasteiger partial charge is 0.480 e. The molecule has 4 heteroatoms. The lowest BCUT2D eigenvalue weighted by Gasteiger charge is -2.19. The molecule has 0 heterocycles. The van der Waals surface area contributed by atoms with Crippen molar-refractivity contribution >= 4 is 29.2 Å². The van der Waals surface area contributed by atoms with Gasteiger partial charge in [0.15, 0.2) is 4.87 Å². The molecule has 1 aliphatic rings. The summed E-state index contributed by atoms with van der Waals surface area (Å²) in [5, 5.41) is 9.11. The van der Waals surface area contributed by atoms with Gasteiger partial charge in [0.05, 0.1) is 0 Å². The van der Waals surface area contributed by atoms with Gasteiger partial charge >= 0.3 is 5.97 Å². The fourth-order valence-electron chi connectivity index (χ4n) is 0.816. The molecule has 0 amide bonds. The number of rotatable bonds is 1. The van der Waals surface area contributed by atoms with E-state index in [1.165, 1.54) is 6.08 Å². The van der Waals surface area contributed by atoms with Crippen LogP contribution >= 0.6 is 23.2 Å². The first kappa shape index (κ1) is 8.62. The molecule has 1 rings (SSSR count). The van der Waals surface area contributed by atoms with Crippen molar-refractivity contribution in [3.63, 3.8) is 0 Å². The minimum Gasteiger partial charge on any atom is -0.480 e. The van der Waals surface area contributed by atoms with Gasteiger partial charge in [-0.2, -0.15) is 0 Å². The summed E-state index contributed by atoms with van der Waals surface area (Å²) in [5.74, 6) is -1.07. The highest BCUT2D eigenvalue weighted by molar-refractivity contribution is 6.38. The predicted octanol–water partition coefficient (Wildman–Crippen LogP) is 2.13. The van der Waals surface area contributed by atoms with Crippen molar-refractivity contribution in [3.05, 3.63) is 23.3 Å². The van der Waals surface area contributed by atoms with Crippen LogP contribution in [0, 0.1) is 0 Å². The van der Waals surface area contributed by atoms with Crippen LogP contribution in [0.1, 0.15) is 6.42 Å². The molecular weight excluding hydrogens is 187 g/mol. The fraction of sp³-hybridized carbons (Fsp3) is 0.286. The van der Waals surface area contributed by atoms with Gasteiger partial charge in [0.2, 0.25) is 0 Å². The lowest BCUT2D eigenvalue weighted by Crippen LogP contribution is -2.30. The average Bonchev–Trinajstić information content (AvgIpc) is 1.86. The lowest BCUT2D eigenvalue weighted by molar-refractivity contribution is -0.138. The first-order chi connectivity index (χ1) is 5.04. The molecule has 2 nitrogen and oxygen atoms in total. The molecule has 0 aromatic carbocycles. The molecular formula is C7H6Cl2O2. The van der Waals surface area contributed by atoms with Gasteiger partial charge in [0, 0.05) is 11.5 Å². The summed E-state index contributed by atoms with van der Waals surface area (Å²) in [6.07, 6.45) is 4.75. The summed E-state index contributed by atoms with van der Waals surface area (Å²) in [6, 6.07) is 0. The van der Waals surface area contributed by atoms with Crippen LogP contribution in [0.25, 0.3) is 0 Å². The number of carboxylic acid groups (broad SMARTS) is 1. The van der Waals surface area contributed by atoms with Crippen LogP contribution in [-0.2, 0) is 4.79 Å². The molecule has 0 aromatic heterocycles. The minimum atomic E-state index is -1.34. The molecule has 0 spiro atoms. The number of alkyl halides is 1. The van der Waals surface area contributed by atoms with Crippen LogP contribution < -0.4 is 0 Å². The SMILES string of the molecule is O=C(O)C1(Cl)C=CC=C(Cl)C1. The molecule has 1 aliphatic carbocycles. The second-order valence-corrected chi connectivity index (χ2v) is 3.48. The number of hydrogen-bond donors (Lipinski definition) is 1. The van der Waals surface area contributed by atoms with Gasteiger partial charge in [0.25, 0.3) is 0 Å². The minimum absolute atomic E-state index is 0.155. The van der Waals surface area contributed by atoms with Crippen LogP contribution in [-0.4, -0.2) is 16.0 Å². The first-order valence-electron chi connectivity index (χ1n) is 3.01. The molecule has 1 atom stereocenters. The number of aliphatic carboxylic acids is 1. The Morgan fingerprint density at radius 2 is 2.36 bits per heavy atom. The Kier molecular flexibility index (Phi) is 2.25. The Bertz CT molecular complexity index is 245. The molecule has 0 saturated heterocycles. The molecule has 0 aromatic rings. The molecule has 0 saturated carbocycles. The van der Waals surface area contributed by atoms with Crippen LogP contribution in [0.5, 0.6) is 0 Å². The van der Waals surface area contributed by atoms with E-state index in [9.17, 15) is 4.79 Å². The van der Waals surface area contributed by atoms with Gasteiger partial charge in [0.1, 0.15) is 0 Å². The van der Waals surface area contributed by atoms with E-state index in [4.69, 9.17) is 28.3 Å². The maximum Gasteiger partial charge on any atom is 0.329 e. The Morgan fingerprint density at radius 3 is 2.73 bits per heavy atom. The first-order valence-corrected chi connectivity index (χ1v) is 3.76. The van der Waals surface area contributed by atoms with E-state index in [-0.39, 0.29) is 6.42 Å². The second kappa shape index (κ2) is 2.88. The van der Waals surface area contributed by atoms with Crippen molar-refractivity contribution in [3.8, 4) is 0 Å². The summed E-state index contributed by atoms with van der Waals surface area (Å²) in [6.45, 7) is 0. The van der Waals surface area contributed by atoms with Gasteiger partial charge in [-0.1, -0.05) is 23.8 Å². The van der Waals surface area contributed by atoms with Crippen LogP contribution in [0.4, 0.5) is 0 Å². The summed E-state index contributed by atoms with van der Waals surface area (Å²) < 4.78 is 0. The quantitative estimate of drug-likeness (QED) is 0.647. The highest BCUT2D eigenvalue weighted by Crippen LogP contribution is 2.31. The van der Waals surface area contributed by atoms with Crippen molar-refractivity contribution in [1.29, 1.82) is 0 Å². The number of carbonyl (C=O) groups is 1. The van der Waals surface area contributed by atoms with E-state index < -0.39 is 10.8 Å². The highest BCUT2D eigenvalue weighted by atomic mass is 35.5. The summed E-state index contributed by atoms with van der Waals surface area (Å²) >= 11 is 11.3. The zero-order valence-electron chi connectivity index (χ0n) is 5.55. The van der Waals surface area contributed by atoms with Gasteiger partial charge in [-0.15, -0.1) is 11.6 Å². The van der Waals surface area contributed by atoms with E-state index in [2.05, 4.69) is 0 Å². The fourth-order valence-corrected chi connectivity index (χ4v) is 1.38. The topological polar surface area (TPSA) is 37.3 Å². The lowest BCUT2D eigenvalue weighted by atomic mass is 10.0. The zero-order chi connectivity index (χ0) is 8.48. The molecule has 0 fully saturated rings. The number of allylic oxidation sites excluding steroid dienone is 3. The molecule has 1 N–H and O–H groups in total. The monoisotopic (exact) mass is 192 g/mol. The number of halogens is 2. The molecule has 0 radical (unpaired) electrons. The molecule has 0 bridgehead atoms. The van der Waals surface area contributed by atoms with E-state index in [0.29, 0.717) is 5.03 Å². The zero-order valence-corrected chi connectivity index (χ0v) is 7.06. The Labute approximate surface area is 74.1 Å². The van der Waals surface area contributed by atoms with Crippen molar-refractivity contribution in [2.75, 3.05) is 0 Å². The smallest absolute Gasteiger partial charge is 0.329 e. The predicted molar refractivity (Wildman–Crippen MR) is 43.9 cm³/mol. The maximum absolute atomic E-state index is 10.6. The molecule has 0 aliphatic heterocycles. The van der Waals surface area contributed by atoms with E-state index in [0.717, 1.165) is 0 Å². The maximum atomic E-state index is 10.6. The van der Waals surface area contributed by atoms with Crippen molar-refractivity contribution in [2.24, 2.45) is 0 Å². The van der Waals surface area contributed by atoms with Crippen LogP contribution in [0.2, 0.25) is 0 Å². The van der Waals surface area contributed by atoms with E-state index in [1.807, 2.05) is 0 Å².